The molecule has 0 rings (SSSR count). The molecule has 0 aliphatic rings. The molecule has 13 heavy (non-hydrogen) atoms. The van der Waals surface area contributed by atoms with E-state index in [0.29, 0.717) is 6.61 Å². The van der Waals surface area contributed by atoms with Crippen molar-refractivity contribution in [3.63, 3.8) is 0 Å². The van der Waals surface area contributed by atoms with Gasteiger partial charge in [-0.25, -0.2) is 4.79 Å². The van der Waals surface area contributed by atoms with Gasteiger partial charge < -0.3 is 10.1 Å². The lowest BCUT2D eigenvalue weighted by Gasteiger charge is -2.22. The van der Waals surface area contributed by atoms with Crippen molar-refractivity contribution >= 4 is 27.8 Å². The molecule has 5 heteroatoms. The topological polar surface area (TPSA) is 55.4 Å². The number of carbonyl (C=O) groups excluding carboxylic acids is 2. The van der Waals surface area contributed by atoms with Gasteiger partial charge in [0, 0.05) is 0 Å². The van der Waals surface area contributed by atoms with Crippen molar-refractivity contribution in [2.75, 3.05) is 11.9 Å². The molecule has 0 aliphatic carbocycles. The maximum absolute atomic E-state index is 11.3. The van der Waals surface area contributed by atoms with Gasteiger partial charge in [0.1, 0.15) is 0 Å². The Bertz CT molecular complexity index is 204. The van der Waals surface area contributed by atoms with Crippen LogP contribution in [-0.4, -0.2) is 29.4 Å². The van der Waals surface area contributed by atoms with E-state index in [9.17, 15) is 9.59 Å². The smallest absolute Gasteiger partial charge is 0.407 e. The molecule has 0 aromatic heterocycles. The minimum absolute atomic E-state index is 0.0967. The van der Waals surface area contributed by atoms with Crippen LogP contribution in [0, 0.1) is 0 Å². The van der Waals surface area contributed by atoms with Gasteiger partial charge in [0.25, 0.3) is 0 Å². The van der Waals surface area contributed by atoms with Crippen LogP contribution in [0.3, 0.4) is 0 Å². The number of amides is 1. The summed E-state index contributed by atoms with van der Waals surface area (Å²) in [5, 5.41) is 2.68. The van der Waals surface area contributed by atoms with E-state index in [4.69, 9.17) is 0 Å². The number of carbonyl (C=O) groups is 2. The number of ketones is 1. The number of hydrogen-bond acceptors (Lipinski definition) is 3. The molecule has 76 valence electrons. The highest BCUT2D eigenvalue weighted by atomic mass is 79.9. The van der Waals surface area contributed by atoms with Gasteiger partial charge >= 0.3 is 6.09 Å². The molecular formula is C8H14BrNO3. The van der Waals surface area contributed by atoms with Crippen molar-refractivity contribution in [2.24, 2.45) is 0 Å². The van der Waals surface area contributed by atoms with Crippen molar-refractivity contribution in [1.29, 1.82) is 0 Å². The van der Waals surface area contributed by atoms with Crippen LogP contribution < -0.4 is 5.32 Å². The van der Waals surface area contributed by atoms with Crippen molar-refractivity contribution in [1.82, 2.24) is 5.32 Å². The number of rotatable bonds is 4. The van der Waals surface area contributed by atoms with E-state index in [0.717, 1.165) is 0 Å². The first-order valence-electron chi connectivity index (χ1n) is 3.98. The first kappa shape index (κ1) is 12.4. The summed E-state index contributed by atoms with van der Waals surface area (Å²) >= 11 is 3.04. The molecule has 0 aromatic rings. The first-order chi connectivity index (χ1) is 5.94. The Morgan fingerprint density at radius 1 is 1.46 bits per heavy atom. The van der Waals surface area contributed by atoms with E-state index in [1.807, 2.05) is 0 Å². The fourth-order valence-electron chi connectivity index (χ4n) is 0.659. The molecule has 0 saturated heterocycles. The molecule has 4 nitrogen and oxygen atoms in total. The van der Waals surface area contributed by atoms with Crippen molar-refractivity contribution in [3.05, 3.63) is 0 Å². The highest BCUT2D eigenvalue weighted by Crippen LogP contribution is 2.06. The third-order valence-electron chi connectivity index (χ3n) is 1.51. The Kier molecular flexibility index (Phi) is 4.98. The number of nitrogens with one attached hydrogen (secondary N) is 1. The Hall–Kier alpha value is -0.580. The summed E-state index contributed by atoms with van der Waals surface area (Å²) in [6.07, 6.45) is -0.568. The van der Waals surface area contributed by atoms with E-state index in [2.05, 4.69) is 26.0 Å². The lowest BCUT2D eigenvalue weighted by Crippen LogP contribution is -2.50. The van der Waals surface area contributed by atoms with Crippen molar-refractivity contribution in [2.45, 2.75) is 26.3 Å². The lowest BCUT2D eigenvalue weighted by molar-refractivity contribution is -0.121. The number of ether oxygens (including phenoxy) is 1. The molecule has 0 fully saturated rings. The van der Waals surface area contributed by atoms with Gasteiger partial charge in [-0.15, -0.1) is 0 Å². The SMILES string of the molecule is CCOC(=O)NC(C)(C)C(=O)CBr. The summed E-state index contributed by atoms with van der Waals surface area (Å²) in [4.78, 5) is 22.2. The van der Waals surface area contributed by atoms with Gasteiger partial charge in [0.05, 0.1) is 17.5 Å². The molecule has 0 saturated carbocycles. The second kappa shape index (κ2) is 5.21. The van der Waals surface area contributed by atoms with Crippen LogP contribution in [0.15, 0.2) is 0 Å². The molecule has 1 amide bonds. The van der Waals surface area contributed by atoms with Gasteiger partial charge in [-0.1, -0.05) is 15.9 Å². The quantitative estimate of drug-likeness (QED) is 0.771. The van der Waals surface area contributed by atoms with E-state index >= 15 is 0 Å². The zero-order valence-corrected chi connectivity index (χ0v) is 9.60. The Labute approximate surface area is 86.1 Å². The third-order valence-corrected chi connectivity index (χ3v) is 2.02. The van der Waals surface area contributed by atoms with Crippen LogP contribution in [0.2, 0.25) is 0 Å². The Morgan fingerprint density at radius 3 is 2.38 bits per heavy atom. The normalized spacial score (nSPS) is 10.8. The summed E-state index contributed by atoms with van der Waals surface area (Å²) in [6, 6.07) is 0. The molecular weight excluding hydrogens is 238 g/mol. The van der Waals surface area contributed by atoms with E-state index in [1.54, 1.807) is 20.8 Å². The summed E-state index contributed by atoms with van der Waals surface area (Å²) in [7, 11) is 0. The van der Waals surface area contributed by atoms with Gasteiger partial charge in [-0.2, -0.15) is 0 Å². The van der Waals surface area contributed by atoms with Gasteiger partial charge in [0.2, 0.25) is 0 Å². The molecule has 0 heterocycles. The predicted molar refractivity (Wildman–Crippen MR) is 53.0 cm³/mol. The molecule has 0 aliphatic heterocycles. The molecule has 0 spiro atoms. The van der Waals surface area contributed by atoms with Crippen LogP contribution in [0.25, 0.3) is 0 Å². The lowest BCUT2D eigenvalue weighted by atomic mass is 10.0. The fraction of sp³-hybridized carbons (Fsp3) is 0.750. The molecule has 0 unspecified atom stereocenters. The Balaban J connectivity index is 4.16. The van der Waals surface area contributed by atoms with Crippen LogP contribution >= 0.6 is 15.9 Å². The van der Waals surface area contributed by atoms with Crippen LogP contribution in [0.5, 0.6) is 0 Å². The summed E-state index contributed by atoms with van der Waals surface area (Å²) in [5.41, 5.74) is -0.879. The van der Waals surface area contributed by atoms with Crippen LogP contribution in [0.1, 0.15) is 20.8 Å². The summed E-state index contributed by atoms with van der Waals surface area (Å²) in [5.74, 6) is -0.0967. The molecule has 0 radical (unpaired) electrons. The van der Waals surface area contributed by atoms with Gasteiger partial charge in [0.15, 0.2) is 5.78 Å². The minimum atomic E-state index is -0.879. The Morgan fingerprint density at radius 2 is 2.00 bits per heavy atom. The van der Waals surface area contributed by atoms with Crippen LogP contribution in [0.4, 0.5) is 4.79 Å². The standard InChI is InChI=1S/C8H14BrNO3/c1-4-13-7(12)10-8(2,3)6(11)5-9/h4-5H2,1-3H3,(H,10,12). The number of alkyl carbamates (subject to hydrolysis) is 1. The third kappa shape index (κ3) is 4.26. The fourth-order valence-corrected chi connectivity index (χ4v) is 1.36. The highest BCUT2D eigenvalue weighted by molar-refractivity contribution is 9.09. The summed E-state index contributed by atoms with van der Waals surface area (Å²) < 4.78 is 4.65. The zero-order chi connectivity index (χ0) is 10.5. The average Bonchev–Trinajstić information content (AvgIpc) is 2.02. The van der Waals surface area contributed by atoms with E-state index < -0.39 is 11.6 Å². The summed E-state index contributed by atoms with van der Waals surface area (Å²) in [6.45, 7) is 5.27. The monoisotopic (exact) mass is 251 g/mol. The molecule has 0 atom stereocenters. The second-order valence-electron chi connectivity index (χ2n) is 3.03. The zero-order valence-electron chi connectivity index (χ0n) is 8.02. The number of Topliss-reactive ketones (excluding diaryl/α,β-unsaturated/α-hetero) is 1. The maximum atomic E-state index is 11.3. The number of alkyl halides is 1. The average molecular weight is 252 g/mol. The molecule has 0 aromatic carbocycles. The predicted octanol–water partition coefficient (Wildman–Crippen LogP) is 1.48. The van der Waals surface area contributed by atoms with Crippen LogP contribution in [-0.2, 0) is 9.53 Å². The first-order valence-corrected chi connectivity index (χ1v) is 5.10. The highest BCUT2D eigenvalue weighted by Gasteiger charge is 2.28. The number of hydrogen-bond donors (Lipinski definition) is 1. The largest absolute Gasteiger partial charge is 0.450 e. The number of halogens is 1. The van der Waals surface area contributed by atoms with Gasteiger partial charge in [-0.05, 0) is 20.8 Å². The minimum Gasteiger partial charge on any atom is -0.450 e. The van der Waals surface area contributed by atoms with Gasteiger partial charge in [-0.3, -0.25) is 4.79 Å². The van der Waals surface area contributed by atoms with Crippen molar-refractivity contribution in [3.8, 4) is 0 Å². The van der Waals surface area contributed by atoms with E-state index in [1.165, 1.54) is 0 Å². The van der Waals surface area contributed by atoms with Crippen molar-refractivity contribution < 1.29 is 14.3 Å². The molecule has 0 bridgehead atoms. The second-order valence-corrected chi connectivity index (χ2v) is 3.59. The molecule has 1 N–H and O–H groups in total. The van der Waals surface area contributed by atoms with E-state index in [-0.39, 0.29) is 11.1 Å². The maximum Gasteiger partial charge on any atom is 0.407 e.